The molecule has 3 aromatic carbocycles. The van der Waals surface area contributed by atoms with Gasteiger partial charge in [-0.25, -0.2) is 9.18 Å². The summed E-state index contributed by atoms with van der Waals surface area (Å²) in [6.45, 7) is 4.64. The van der Waals surface area contributed by atoms with E-state index in [1.807, 2.05) is 73.8 Å². The first-order chi connectivity index (χ1) is 16.0. The van der Waals surface area contributed by atoms with Gasteiger partial charge in [0.2, 0.25) is 0 Å². The van der Waals surface area contributed by atoms with Crippen molar-refractivity contribution >= 4 is 5.97 Å². The van der Waals surface area contributed by atoms with Gasteiger partial charge in [0.15, 0.2) is 0 Å². The Balaban J connectivity index is 1.74. The van der Waals surface area contributed by atoms with Crippen molar-refractivity contribution in [2.24, 2.45) is 0 Å². The van der Waals surface area contributed by atoms with E-state index in [9.17, 15) is 9.18 Å². The number of aromatic nitrogens is 1. The van der Waals surface area contributed by atoms with Crippen LogP contribution < -0.4 is 0 Å². The van der Waals surface area contributed by atoms with Crippen LogP contribution in [0.25, 0.3) is 22.3 Å². The molecule has 0 radical (unpaired) electrons. The minimum atomic E-state index is -0.452. The summed E-state index contributed by atoms with van der Waals surface area (Å²) in [5, 5.41) is 9.12. The first-order valence-corrected chi connectivity index (χ1v) is 10.7. The van der Waals surface area contributed by atoms with Gasteiger partial charge in [-0.2, -0.15) is 5.26 Å². The molecule has 4 nitrogen and oxygen atoms in total. The molecule has 0 bridgehead atoms. The Bertz CT molecular complexity index is 1330. The summed E-state index contributed by atoms with van der Waals surface area (Å²) in [7, 11) is 0. The number of esters is 1. The Hall–Kier alpha value is -4.17. The number of rotatable bonds is 6. The maximum absolute atomic E-state index is 13.9. The van der Waals surface area contributed by atoms with Gasteiger partial charge in [-0.05, 0) is 54.3 Å². The topological polar surface area (TPSA) is 55.0 Å². The van der Waals surface area contributed by atoms with Crippen molar-refractivity contribution in [3.05, 3.63) is 107 Å². The van der Waals surface area contributed by atoms with Crippen molar-refractivity contribution < 1.29 is 13.9 Å². The second-order valence-electron chi connectivity index (χ2n) is 7.75. The molecule has 0 unspecified atom stereocenters. The molecule has 0 aliphatic heterocycles. The van der Waals surface area contributed by atoms with Crippen molar-refractivity contribution in [2.45, 2.75) is 20.4 Å². The van der Waals surface area contributed by atoms with Gasteiger partial charge in [0.25, 0.3) is 0 Å². The Morgan fingerprint density at radius 3 is 2.36 bits per heavy atom. The minimum absolute atomic E-state index is 0.271. The lowest BCUT2D eigenvalue weighted by atomic mass is 9.98. The fourth-order valence-corrected chi connectivity index (χ4v) is 3.94. The maximum atomic E-state index is 13.9. The van der Waals surface area contributed by atoms with Gasteiger partial charge >= 0.3 is 5.97 Å². The molecule has 1 heterocycles. The standard InChI is InChI=1S/C28H23FN2O2/c1-3-33-28(32)27-19(2)31(17-20-7-5-4-6-8-20)18-26(27)23-11-9-22(10-12-23)24-13-21(16-30)14-25(29)15-24/h4-15,18H,3,17H2,1-2H3. The molecule has 164 valence electrons. The van der Waals surface area contributed by atoms with E-state index in [4.69, 9.17) is 10.00 Å². The normalized spacial score (nSPS) is 10.6. The highest BCUT2D eigenvalue weighted by Crippen LogP contribution is 2.32. The van der Waals surface area contributed by atoms with E-state index >= 15 is 0 Å². The van der Waals surface area contributed by atoms with E-state index in [2.05, 4.69) is 4.57 Å². The number of carbonyl (C=O) groups is 1. The summed E-state index contributed by atoms with van der Waals surface area (Å²) in [5.41, 5.74) is 5.83. The van der Waals surface area contributed by atoms with Gasteiger partial charge < -0.3 is 9.30 Å². The number of ether oxygens (including phenoxy) is 1. The average Bonchev–Trinajstić information content (AvgIpc) is 3.15. The molecule has 0 amide bonds. The van der Waals surface area contributed by atoms with Crippen molar-refractivity contribution in [3.8, 4) is 28.3 Å². The second-order valence-corrected chi connectivity index (χ2v) is 7.75. The van der Waals surface area contributed by atoms with Crippen LogP contribution in [0, 0.1) is 24.1 Å². The van der Waals surface area contributed by atoms with Crippen LogP contribution in [0.3, 0.4) is 0 Å². The van der Waals surface area contributed by atoms with Crippen LogP contribution in [-0.2, 0) is 11.3 Å². The van der Waals surface area contributed by atoms with Crippen LogP contribution in [0.2, 0.25) is 0 Å². The van der Waals surface area contributed by atoms with E-state index < -0.39 is 5.82 Å². The summed E-state index contributed by atoms with van der Waals surface area (Å²) in [6, 6.07) is 23.8. The molecule has 0 saturated carbocycles. The third kappa shape index (κ3) is 4.70. The number of benzene rings is 3. The monoisotopic (exact) mass is 438 g/mol. The molecule has 0 fully saturated rings. The molecule has 0 aliphatic carbocycles. The molecule has 0 spiro atoms. The number of nitrogens with zero attached hydrogens (tertiary/aromatic N) is 2. The highest BCUT2D eigenvalue weighted by atomic mass is 19.1. The van der Waals surface area contributed by atoms with Crippen LogP contribution in [0.1, 0.15) is 34.1 Å². The Morgan fingerprint density at radius 1 is 1.00 bits per heavy atom. The second kappa shape index (κ2) is 9.54. The molecule has 33 heavy (non-hydrogen) atoms. The lowest BCUT2D eigenvalue weighted by Gasteiger charge is -2.08. The van der Waals surface area contributed by atoms with E-state index in [0.29, 0.717) is 24.3 Å². The zero-order valence-electron chi connectivity index (χ0n) is 18.5. The third-order valence-electron chi connectivity index (χ3n) is 5.58. The molecule has 0 aliphatic rings. The summed E-state index contributed by atoms with van der Waals surface area (Å²) < 4.78 is 21.3. The van der Waals surface area contributed by atoms with E-state index in [0.717, 1.165) is 27.9 Å². The predicted octanol–water partition coefficient (Wildman–Crippen LogP) is 6.37. The zero-order chi connectivity index (χ0) is 23.4. The Kier molecular flexibility index (Phi) is 6.37. The van der Waals surface area contributed by atoms with Crippen LogP contribution in [-0.4, -0.2) is 17.1 Å². The van der Waals surface area contributed by atoms with Crippen LogP contribution in [0.15, 0.2) is 79.0 Å². The third-order valence-corrected chi connectivity index (χ3v) is 5.58. The fraction of sp³-hybridized carbons (Fsp3) is 0.143. The van der Waals surface area contributed by atoms with Gasteiger partial charge in [-0.1, -0.05) is 54.6 Å². The predicted molar refractivity (Wildman–Crippen MR) is 126 cm³/mol. The highest BCUT2D eigenvalue weighted by molar-refractivity contribution is 5.99. The molecule has 4 rings (SSSR count). The lowest BCUT2D eigenvalue weighted by Crippen LogP contribution is -2.08. The van der Waals surface area contributed by atoms with Crippen molar-refractivity contribution in [2.75, 3.05) is 6.61 Å². The van der Waals surface area contributed by atoms with Crippen molar-refractivity contribution in [1.82, 2.24) is 4.57 Å². The molecule has 0 saturated heterocycles. The lowest BCUT2D eigenvalue weighted by molar-refractivity contribution is 0.0526. The highest BCUT2D eigenvalue weighted by Gasteiger charge is 2.22. The zero-order valence-corrected chi connectivity index (χ0v) is 18.5. The van der Waals surface area contributed by atoms with Crippen molar-refractivity contribution in [1.29, 1.82) is 5.26 Å². The Morgan fingerprint density at radius 2 is 1.70 bits per heavy atom. The van der Waals surface area contributed by atoms with Crippen molar-refractivity contribution in [3.63, 3.8) is 0 Å². The molecule has 0 atom stereocenters. The maximum Gasteiger partial charge on any atom is 0.340 e. The van der Waals surface area contributed by atoms with E-state index in [1.165, 1.54) is 12.1 Å². The number of hydrogen-bond acceptors (Lipinski definition) is 3. The van der Waals surface area contributed by atoms with Gasteiger partial charge in [-0.15, -0.1) is 0 Å². The van der Waals surface area contributed by atoms with Gasteiger partial charge in [0, 0.05) is 24.0 Å². The fourth-order valence-electron chi connectivity index (χ4n) is 3.94. The number of carbonyl (C=O) groups excluding carboxylic acids is 1. The Labute approximate surface area is 192 Å². The SMILES string of the molecule is CCOC(=O)c1c(-c2ccc(-c3cc(F)cc(C#N)c3)cc2)cn(Cc2ccccc2)c1C. The van der Waals surface area contributed by atoms with Gasteiger partial charge in [0.1, 0.15) is 5.82 Å². The summed E-state index contributed by atoms with van der Waals surface area (Å²) in [4.78, 5) is 12.8. The van der Waals surface area contributed by atoms with Crippen LogP contribution in [0.4, 0.5) is 4.39 Å². The minimum Gasteiger partial charge on any atom is -0.462 e. The molecule has 1 aromatic heterocycles. The van der Waals surface area contributed by atoms with E-state index in [1.54, 1.807) is 13.0 Å². The molecule has 4 aromatic rings. The summed E-state index contributed by atoms with van der Waals surface area (Å²) in [6.07, 6.45) is 1.97. The number of hydrogen-bond donors (Lipinski definition) is 0. The smallest absolute Gasteiger partial charge is 0.340 e. The summed E-state index contributed by atoms with van der Waals surface area (Å²) >= 11 is 0. The molecule has 0 N–H and O–H groups in total. The first-order valence-electron chi connectivity index (χ1n) is 10.7. The molecule has 5 heteroatoms. The summed E-state index contributed by atoms with van der Waals surface area (Å²) in [5.74, 6) is -0.809. The average molecular weight is 439 g/mol. The largest absolute Gasteiger partial charge is 0.462 e. The number of nitriles is 1. The number of halogens is 1. The van der Waals surface area contributed by atoms with Crippen LogP contribution >= 0.6 is 0 Å². The quantitative estimate of drug-likeness (QED) is 0.329. The molecular weight excluding hydrogens is 415 g/mol. The van der Waals surface area contributed by atoms with Crippen LogP contribution in [0.5, 0.6) is 0 Å². The van der Waals surface area contributed by atoms with E-state index in [-0.39, 0.29) is 11.5 Å². The first kappa shape index (κ1) is 22.0. The molecular formula is C28H23FN2O2. The van der Waals surface area contributed by atoms with Gasteiger partial charge in [-0.3, -0.25) is 0 Å². The van der Waals surface area contributed by atoms with Gasteiger partial charge in [0.05, 0.1) is 23.8 Å².